The predicted molar refractivity (Wildman–Crippen MR) is 76.1 cm³/mol. The van der Waals surface area contributed by atoms with E-state index in [1.165, 1.54) is 6.92 Å². The summed E-state index contributed by atoms with van der Waals surface area (Å²) in [4.78, 5) is 10.8. The van der Waals surface area contributed by atoms with Crippen LogP contribution >= 0.6 is 23.2 Å². The molecule has 0 aliphatic rings. The van der Waals surface area contributed by atoms with Crippen LogP contribution in [0.2, 0.25) is 10.0 Å². The molecule has 0 saturated carbocycles. The van der Waals surface area contributed by atoms with E-state index in [-0.39, 0.29) is 5.91 Å². The summed E-state index contributed by atoms with van der Waals surface area (Å²) in [5.74, 6) is 0.703. The zero-order valence-electron chi connectivity index (χ0n) is 9.95. The van der Waals surface area contributed by atoms with E-state index in [0.717, 1.165) is 0 Å². The number of carbonyl (C=O) groups is 1. The molecule has 1 heterocycles. The summed E-state index contributed by atoms with van der Waals surface area (Å²) in [6.07, 6.45) is 0. The summed E-state index contributed by atoms with van der Waals surface area (Å²) < 4.78 is 0. The molecule has 1 aromatic heterocycles. The molecule has 19 heavy (non-hydrogen) atoms. The number of anilines is 3. The Kier molecular flexibility index (Phi) is 4.19. The van der Waals surface area contributed by atoms with Crippen LogP contribution in [0.5, 0.6) is 0 Å². The lowest BCUT2D eigenvalue weighted by Gasteiger charge is -2.07. The van der Waals surface area contributed by atoms with Gasteiger partial charge in [0.25, 0.3) is 0 Å². The lowest BCUT2D eigenvalue weighted by molar-refractivity contribution is -0.114. The first-order chi connectivity index (χ1) is 9.04. The SMILES string of the molecule is CC(=O)Nc1ccc(Nc2ccc(Cl)cc2Cl)nn1. The summed E-state index contributed by atoms with van der Waals surface area (Å²) in [6.45, 7) is 1.40. The number of hydrogen-bond donors (Lipinski definition) is 2. The van der Waals surface area contributed by atoms with E-state index >= 15 is 0 Å². The van der Waals surface area contributed by atoms with Crippen molar-refractivity contribution >= 4 is 46.4 Å². The molecule has 0 radical (unpaired) electrons. The molecule has 0 bridgehead atoms. The van der Waals surface area contributed by atoms with E-state index in [1.54, 1.807) is 30.3 Å². The number of nitrogens with zero attached hydrogens (tertiary/aromatic N) is 2. The van der Waals surface area contributed by atoms with Crippen LogP contribution in [-0.2, 0) is 4.79 Å². The number of rotatable bonds is 3. The van der Waals surface area contributed by atoms with Crippen molar-refractivity contribution in [2.45, 2.75) is 6.92 Å². The van der Waals surface area contributed by atoms with Crippen molar-refractivity contribution < 1.29 is 4.79 Å². The lowest BCUT2D eigenvalue weighted by Crippen LogP contribution is -2.08. The van der Waals surface area contributed by atoms with E-state index in [4.69, 9.17) is 23.2 Å². The van der Waals surface area contributed by atoms with Gasteiger partial charge in [-0.1, -0.05) is 23.2 Å². The number of aromatic nitrogens is 2. The lowest BCUT2D eigenvalue weighted by atomic mass is 10.3. The van der Waals surface area contributed by atoms with Crippen molar-refractivity contribution in [2.24, 2.45) is 0 Å². The van der Waals surface area contributed by atoms with Gasteiger partial charge in [-0.15, -0.1) is 10.2 Å². The topological polar surface area (TPSA) is 66.9 Å². The van der Waals surface area contributed by atoms with E-state index in [2.05, 4.69) is 20.8 Å². The Hall–Kier alpha value is -1.85. The summed E-state index contributed by atoms with van der Waals surface area (Å²) >= 11 is 11.8. The number of carbonyl (C=O) groups excluding carboxylic acids is 1. The zero-order chi connectivity index (χ0) is 13.8. The third kappa shape index (κ3) is 3.81. The smallest absolute Gasteiger partial charge is 0.222 e. The first kappa shape index (κ1) is 13.6. The molecule has 0 fully saturated rings. The molecular weight excluding hydrogens is 287 g/mol. The van der Waals surface area contributed by atoms with Gasteiger partial charge in [0.15, 0.2) is 11.6 Å². The number of hydrogen-bond acceptors (Lipinski definition) is 4. The molecule has 2 aromatic rings. The quantitative estimate of drug-likeness (QED) is 0.910. The Morgan fingerprint density at radius 1 is 1.11 bits per heavy atom. The minimum absolute atomic E-state index is 0.198. The molecule has 0 unspecified atom stereocenters. The van der Waals surface area contributed by atoms with Crippen LogP contribution in [-0.4, -0.2) is 16.1 Å². The molecule has 7 heteroatoms. The van der Waals surface area contributed by atoms with Gasteiger partial charge in [-0.05, 0) is 30.3 Å². The second kappa shape index (κ2) is 5.86. The van der Waals surface area contributed by atoms with Crippen LogP contribution in [0.1, 0.15) is 6.92 Å². The van der Waals surface area contributed by atoms with Gasteiger partial charge in [0.1, 0.15) is 0 Å². The second-order valence-electron chi connectivity index (χ2n) is 3.73. The Labute approximate surface area is 119 Å². The standard InChI is InChI=1S/C12H10Cl2N4O/c1-7(19)15-11-4-5-12(18-17-11)16-10-3-2-8(13)6-9(10)14/h2-6H,1H3,(H,16,18)(H,15,17,19). The molecule has 1 amide bonds. The highest BCUT2D eigenvalue weighted by Gasteiger charge is 2.04. The monoisotopic (exact) mass is 296 g/mol. The fraction of sp³-hybridized carbons (Fsp3) is 0.0833. The fourth-order valence-corrected chi connectivity index (χ4v) is 1.83. The maximum atomic E-state index is 10.8. The highest BCUT2D eigenvalue weighted by Crippen LogP contribution is 2.27. The average molecular weight is 297 g/mol. The average Bonchev–Trinajstić information content (AvgIpc) is 2.34. The first-order valence-corrected chi connectivity index (χ1v) is 6.13. The minimum atomic E-state index is -0.198. The van der Waals surface area contributed by atoms with Crippen LogP contribution in [0.15, 0.2) is 30.3 Å². The van der Waals surface area contributed by atoms with Crippen LogP contribution in [0.3, 0.4) is 0 Å². The molecule has 98 valence electrons. The summed E-state index contributed by atoms with van der Waals surface area (Å²) in [7, 11) is 0. The van der Waals surface area contributed by atoms with Crippen LogP contribution in [0.4, 0.5) is 17.3 Å². The highest BCUT2D eigenvalue weighted by atomic mass is 35.5. The van der Waals surface area contributed by atoms with Crippen molar-refractivity contribution in [3.63, 3.8) is 0 Å². The maximum absolute atomic E-state index is 10.8. The van der Waals surface area contributed by atoms with E-state index < -0.39 is 0 Å². The van der Waals surface area contributed by atoms with E-state index in [9.17, 15) is 4.79 Å². The van der Waals surface area contributed by atoms with Gasteiger partial charge in [-0.2, -0.15) is 0 Å². The number of benzene rings is 1. The van der Waals surface area contributed by atoms with Crippen molar-refractivity contribution in [3.05, 3.63) is 40.4 Å². The molecule has 0 atom stereocenters. The highest BCUT2D eigenvalue weighted by molar-refractivity contribution is 6.36. The van der Waals surface area contributed by atoms with Gasteiger partial charge in [0, 0.05) is 11.9 Å². The summed E-state index contributed by atoms with van der Waals surface area (Å²) in [5.41, 5.74) is 0.674. The normalized spacial score (nSPS) is 10.1. The molecule has 2 rings (SSSR count). The Morgan fingerprint density at radius 3 is 2.37 bits per heavy atom. The molecule has 0 aliphatic heterocycles. The maximum Gasteiger partial charge on any atom is 0.222 e. The van der Waals surface area contributed by atoms with Gasteiger partial charge < -0.3 is 10.6 Å². The molecule has 0 aliphatic carbocycles. The van der Waals surface area contributed by atoms with Crippen molar-refractivity contribution in [2.75, 3.05) is 10.6 Å². The first-order valence-electron chi connectivity index (χ1n) is 5.38. The fourth-order valence-electron chi connectivity index (χ4n) is 1.37. The van der Waals surface area contributed by atoms with Gasteiger partial charge >= 0.3 is 0 Å². The number of nitrogens with one attached hydrogen (secondary N) is 2. The molecular formula is C12H10Cl2N4O. The number of halogens is 2. The third-order valence-corrected chi connectivity index (χ3v) is 2.71. The summed E-state index contributed by atoms with van der Waals surface area (Å²) in [5, 5.41) is 14.3. The Morgan fingerprint density at radius 2 is 1.79 bits per heavy atom. The van der Waals surface area contributed by atoms with Crippen LogP contribution in [0, 0.1) is 0 Å². The molecule has 1 aromatic carbocycles. The van der Waals surface area contributed by atoms with Gasteiger partial charge in [-0.25, -0.2) is 0 Å². The zero-order valence-corrected chi connectivity index (χ0v) is 11.5. The molecule has 5 nitrogen and oxygen atoms in total. The molecule has 0 spiro atoms. The van der Waals surface area contributed by atoms with Crippen molar-refractivity contribution in [3.8, 4) is 0 Å². The Bertz CT molecular complexity index is 601. The van der Waals surface area contributed by atoms with E-state index in [1.807, 2.05) is 0 Å². The van der Waals surface area contributed by atoms with Crippen LogP contribution in [0.25, 0.3) is 0 Å². The van der Waals surface area contributed by atoms with Crippen molar-refractivity contribution in [1.29, 1.82) is 0 Å². The molecule has 2 N–H and O–H groups in total. The molecule has 0 saturated heterocycles. The minimum Gasteiger partial charge on any atom is -0.338 e. The predicted octanol–water partition coefficient (Wildman–Crippen LogP) is 3.49. The largest absolute Gasteiger partial charge is 0.338 e. The summed E-state index contributed by atoms with van der Waals surface area (Å²) in [6, 6.07) is 8.41. The second-order valence-corrected chi connectivity index (χ2v) is 4.58. The third-order valence-electron chi connectivity index (χ3n) is 2.16. The van der Waals surface area contributed by atoms with Crippen molar-refractivity contribution in [1.82, 2.24) is 10.2 Å². The Balaban J connectivity index is 2.13. The number of amides is 1. The van der Waals surface area contributed by atoms with Gasteiger partial charge in [0.05, 0.1) is 10.7 Å². The van der Waals surface area contributed by atoms with E-state index in [0.29, 0.717) is 27.4 Å². The van der Waals surface area contributed by atoms with Crippen LogP contribution < -0.4 is 10.6 Å². The van der Waals surface area contributed by atoms with Gasteiger partial charge in [-0.3, -0.25) is 4.79 Å². The van der Waals surface area contributed by atoms with Gasteiger partial charge in [0.2, 0.25) is 5.91 Å².